The molecule has 9 heteroatoms. The number of aromatic amines is 1. The summed E-state index contributed by atoms with van der Waals surface area (Å²) in [5.74, 6) is -2.12. The number of anilines is 1. The molecule has 0 spiro atoms. The minimum absolute atomic E-state index is 0.0350. The fraction of sp³-hybridized carbons (Fsp3) is 0.353. The van der Waals surface area contributed by atoms with Gasteiger partial charge in [0, 0.05) is 23.6 Å². The molecule has 140 valence electrons. The topological polar surface area (TPSA) is 95.1 Å². The van der Waals surface area contributed by atoms with E-state index < -0.39 is 12.1 Å². The van der Waals surface area contributed by atoms with Gasteiger partial charge in [0.1, 0.15) is 0 Å². The van der Waals surface area contributed by atoms with Crippen LogP contribution in [0, 0.1) is 6.92 Å². The summed E-state index contributed by atoms with van der Waals surface area (Å²) in [6, 6.07) is 12.1. The molecule has 0 radical (unpaired) electrons. The molecule has 2 aromatic rings. The number of alkyl halides is 3. The first-order valence-corrected chi connectivity index (χ1v) is 7.80. The van der Waals surface area contributed by atoms with E-state index in [1.165, 1.54) is 5.56 Å². The molecule has 0 unspecified atom stereocenters. The molecule has 6 nitrogen and oxygen atoms in total. The predicted octanol–water partition coefficient (Wildman–Crippen LogP) is 3.41. The Labute approximate surface area is 147 Å². The lowest BCUT2D eigenvalue weighted by Gasteiger charge is -2.14. The van der Waals surface area contributed by atoms with Crippen LogP contribution >= 0.6 is 0 Å². The Morgan fingerprint density at radius 1 is 1.27 bits per heavy atom. The highest BCUT2D eigenvalue weighted by Gasteiger charge is 2.45. The molecule has 1 fully saturated rings. The predicted molar refractivity (Wildman–Crippen MR) is 87.6 cm³/mol. The van der Waals surface area contributed by atoms with Crippen molar-refractivity contribution in [2.45, 2.75) is 37.8 Å². The van der Waals surface area contributed by atoms with Gasteiger partial charge in [-0.05, 0) is 25.3 Å². The molecule has 26 heavy (non-hydrogen) atoms. The van der Waals surface area contributed by atoms with Crippen LogP contribution < -0.4 is 5.32 Å². The van der Waals surface area contributed by atoms with Crippen LogP contribution in [0.15, 0.2) is 36.4 Å². The van der Waals surface area contributed by atoms with Crippen molar-refractivity contribution in [3.8, 4) is 0 Å². The van der Waals surface area contributed by atoms with Gasteiger partial charge in [0.05, 0.1) is 0 Å². The molecule has 1 amide bonds. The number of rotatable bonds is 4. The van der Waals surface area contributed by atoms with Gasteiger partial charge in [-0.25, -0.2) is 4.79 Å². The maximum atomic E-state index is 12.1. The number of carbonyl (C=O) groups excluding carboxylic acids is 1. The average Bonchev–Trinajstić information content (AvgIpc) is 3.23. The van der Waals surface area contributed by atoms with Crippen LogP contribution in [0.4, 0.5) is 19.0 Å². The van der Waals surface area contributed by atoms with Crippen LogP contribution in [0.1, 0.15) is 30.5 Å². The summed E-state index contributed by atoms with van der Waals surface area (Å²) in [4.78, 5) is 21.0. The largest absolute Gasteiger partial charge is 0.490 e. The molecule has 3 rings (SSSR count). The van der Waals surface area contributed by atoms with Crippen LogP contribution in [0.25, 0.3) is 0 Å². The number of benzene rings is 1. The Morgan fingerprint density at radius 3 is 2.27 bits per heavy atom. The summed E-state index contributed by atoms with van der Waals surface area (Å²) in [6.07, 6.45) is -2.38. The first kappa shape index (κ1) is 19.5. The molecule has 1 saturated carbocycles. The van der Waals surface area contributed by atoms with Gasteiger partial charge in [-0.3, -0.25) is 9.89 Å². The number of carboxylic acids is 1. The minimum atomic E-state index is -5.08. The van der Waals surface area contributed by atoms with Crippen LogP contribution in [0.3, 0.4) is 0 Å². The summed E-state index contributed by atoms with van der Waals surface area (Å²) in [7, 11) is 0. The first-order chi connectivity index (χ1) is 12.1. The molecule has 0 saturated heterocycles. The van der Waals surface area contributed by atoms with Gasteiger partial charge in [0.15, 0.2) is 5.82 Å². The summed E-state index contributed by atoms with van der Waals surface area (Å²) < 4.78 is 31.7. The van der Waals surface area contributed by atoms with Crippen molar-refractivity contribution in [3.63, 3.8) is 0 Å². The van der Waals surface area contributed by atoms with E-state index in [2.05, 4.69) is 27.6 Å². The minimum Gasteiger partial charge on any atom is -0.475 e. The zero-order chi connectivity index (χ0) is 19.4. The normalized spacial score (nSPS) is 14.8. The number of hydrogen-bond donors (Lipinski definition) is 3. The third-order valence-corrected chi connectivity index (χ3v) is 3.95. The lowest BCUT2D eigenvalue weighted by Crippen LogP contribution is -2.21. The molecule has 0 aliphatic heterocycles. The van der Waals surface area contributed by atoms with Crippen molar-refractivity contribution in [2.75, 3.05) is 5.32 Å². The number of nitrogens with zero attached hydrogens (tertiary/aromatic N) is 1. The summed E-state index contributed by atoms with van der Waals surface area (Å²) in [5, 5.41) is 16.8. The Morgan fingerprint density at radius 2 is 1.85 bits per heavy atom. The number of H-pyrrole nitrogens is 1. The molecule has 0 atom stereocenters. The van der Waals surface area contributed by atoms with Gasteiger partial charge in [0.25, 0.3) is 0 Å². The van der Waals surface area contributed by atoms with Crippen LogP contribution in [0.5, 0.6) is 0 Å². The zero-order valence-electron chi connectivity index (χ0n) is 13.9. The molecule has 3 N–H and O–H groups in total. The van der Waals surface area contributed by atoms with E-state index in [0.29, 0.717) is 12.2 Å². The van der Waals surface area contributed by atoms with Crippen molar-refractivity contribution >= 4 is 17.7 Å². The number of nitrogens with one attached hydrogen (secondary N) is 2. The quantitative estimate of drug-likeness (QED) is 0.770. The number of aromatic nitrogens is 2. The Kier molecular flexibility index (Phi) is 5.69. The van der Waals surface area contributed by atoms with Crippen molar-refractivity contribution in [1.82, 2.24) is 10.2 Å². The monoisotopic (exact) mass is 369 g/mol. The second-order valence-electron chi connectivity index (χ2n) is 6.11. The molecule has 1 aromatic carbocycles. The molecule has 0 bridgehead atoms. The Bertz CT molecular complexity index is 768. The maximum absolute atomic E-state index is 12.1. The molecular formula is C17H18F3N3O3. The number of halogens is 3. The van der Waals surface area contributed by atoms with E-state index in [-0.39, 0.29) is 11.3 Å². The fourth-order valence-electron chi connectivity index (χ4n) is 2.49. The fourth-order valence-corrected chi connectivity index (χ4v) is 2.49. The van der Waals surface area contributed by atoms with Crippen molar-refractivity contribution < 1.29 is 27.9 Å². The molecule has 1 heterocycles. The molecule has 1 aliphatic rings. The van der Waals surface area contributed by atoms with Crippen molar-refractivity contribution in [2.24, 2.45) is 0 Å². The first-order valence-electron chi connectivity index (χ1n) is 7.80. The number of carbonyl (C=O) groups is 2. The highest BCUT2D eigenvalue weighted by molar-refractivity contribution is 5.91. The Balaban J connectivity index is 0.000000298. The SMILES string of the molecule is Cc1cc(NC(=O)CC2(c3ccccc3)CC2)n[nH]1.O=C(O)C(F)(F)F. The van der Waals surface area contributed by atoms with Gasteiger partial charge < -0.3 is 10.4 Å². The molecular weight excluding hydrogens is 351 g/mol. The molecule has 1 aliphatic carbocycles. The van der Waals surface area contributed by atoms with E-state index in [9.17, 15) is 18.0 Å². The lowest BCUT2D eigenvalue weighted by atomic mass is 9.92. The van der Waals surface area contributed by atoms with E-state index in [0.717, 1.165) is 18.5 Å². The van der Waals surface area contributed by atoms with E-state index in [1.807, 2.05) is 31.2 Å². The van der Waals surface area contributed by atoms with Gasteiger partial charge >= 0.3 is 12.1 Å². The second kappa shape index (κ2) is 7.59. The average molecular weight is 369 g/mol. The summed E-state index contributed by atoms with van der Waals surface area (Å²) >= 11 is 0. The lowest BCUT2D eigenvalue weighted by molar-refractivity contribution is -0.192. The van der Waals surface area contributed by atoms with Gasteiger partial charge in [-0.1, -0.05) is 30.3 Å². The standard InChI is InChI=1S/C15H17N3O.C2HF3O2/c1-11-9-13(18-17-11)16-14(19)10-15(7-8-15)12-5-3-2-4-6-12;3-2(4,5)1(6)7/h2-6,9H,7-8,10H2,1H3,(H2,16,17,18,19);(H,6,7). The Hall–Kier alpha value is -2.84. The van der Waals surface area contributed by atoms with E-state index in [1.54, 1.807) is 0 Å². The smallest absolute Gasteiger partial charge is 0.475 e. The van der Waals surface area contributed by atoms with Crippen LogP contribution in [-0.2, 0) is 15.0 Å². The van der Waals surface area contributed by atoms with Gasteiger partial charge in [-0.2, -0.15) is 18.3 Å². The number of carboxylic acid groups (broad SMARTS) is 1. The second-order valence-corrected chi connectivity index (χ2v) is 6.11. The number of aliphatic carboxylic acids is 1. The van der Waals surface area contributed by atoms with Gasteiger partial charge in [0.2, 0.25) is 5.91 Å². The zero-order valence-corrected chi connectivity index (χ0v) is 13.9. The van der Waals surface area contributed by atoms with Gasteiger partial charge in [-0.15, -0.1) is 0 Å². The van der Waals surface area contributed by atoms with Crippen molar-refractivity contribution in [1.29, 1.82) is 0 Å². The van der Waals surface area contributed by atoms with Crippen LogP contribution in [0.2, 0.25) is 0 Å². The van der Waals surface area contributed by atoms with Crippen molar-refractivity contribution in [3.05, 3.63) is 47.7 Å². The summed E-state index contributed by atoms with van der Waals surface area (Å²) in [6.45, 7) is 1.91. The number of hydrogen-bond acceptors (Lipinski definition) is 3. The summed E-state index contributed by atoms with van der Waals surface area (Å²) in [5.41, 5.74) is 2.26. The third-order valence-electron chi connectivity index (χ3n) is 3.95. The number of aryl methyl sites for hydroxylation is 1. The number of amides is 1. The highest BCUT2D eigenvalue weighted by atomic mass is 19.4. The van der Waals surface area contributed by atoms with E-state index >= 15 is 0 Å². The van der Waals surface area contributed by atoms with E-state index in [4.69, 9.17) is 9.90 Å². The maximum Gasteiger partial charge on any atom is 0.490 e. The third kappa shape index (κ3) is 5.33. The van der Waals surface area contributed by atoms with Crippen LogP contribution in [-0.4, -0.2) is 33.4 Å². The molecule has 1 aromatic heterocycles. The highest BCUT2D eigenvalue weighted by Crippen LogP contribution is 2.51.